The van der Waals surface area contributed by atoms with Crippen molar-refractivity contribution < 1.29 is 18.9 Å². The molecule has 7 heteroatoms. The predicted octanol–water partition coefficient (Wildman–Crippen LogP) is 3.50. The van der Waals surface area contributed by atoms with Crippen LogP contribution in [0.4, 0.5) is 0 Å². The zero-order valence-electron chi connectivity index (χ0n) is 14.6. The molecule has 0 saturated carbocycles. The fourth-order valence-corrected chi connectivity index (χ4v) is 2.41. The summed E-state index contributed by atoms with van der Waals surface area (Å²) in [6, 6.07) is 9.14. The van der Waals surface area contributed by atoms with Gasteiger partial charge in [0.1, 0.15) is 0 Å². The van der Waals surface area contributed by atoms with Gasteiger partial charge in [-0.2, -0.15) is 5.10 Å². The van der Waals surface area contributed by atoms with Gasteiger partial charge >= 0.3 is 0 Å². The number of hydrogen-bond acceptors (Lipinski definition) is 6. The van der Waals surface area contributed by atoms with Crippen molar-refractivity contribution in [2.24, 2.45) is 5.10 Å². The van der Waals surface area contributed by atoms with Crippen molar-refractivity contribution >= 4 is 17.8 Å². The maximum atomic E-state index is 6.22. The number of halogens is 1. The SMILES string of the molecule is COc1ccc(CN/N=C\c2cc(OC)c(OC)cc2Cl)cc1OC. The van der Waals surface area contributed by atoms with Crippen LogP contribution in [0.3, 0.4) is 0 Å². The van der Waals surface area contributed by atoms with Crippen LogP contribution < -0.4 is 24.4 Å². The molecule has 0 aliphatic rings. The molecular weight excluding hydrogens is 344 g/mol. The van der Waals surface area contributed by atoms with Crippen LogP contribution in [0.15, 0.2) is 35.4 Å². The van der Waals surface area contributed by atoms with E-state index in [1.165, 1.54) is 0 Å². The van der Waals surface area contributed by atoms with E-state index in [4.69, 9.17) is 30.5 Å². The quantitative estimate of drug-likeness (QED) is 0.574. The third kappa shape index (κ3) is 4.70. The molecule has 0 spiro atoms. The molecule has 0 radical (unpaired) electrons. The highest BCUT2D eigenvalue weighted by Gasteiger charge is 2.08. The topological polar surface area (TPSA) is 61.3 Å². The molecule has 25 heavy (non-hydrogen) atoms. The van der Waals surface area contributed by atoms with Crippen LogP contribution >= 0.6 is 11.6 Å². The van der Waals surface area contributed by atoms with Crippen molar-refractivity contribution in [1.82, 2.24) is 5.43 Å². The highest BCUT2D eigenvalue weighted by molar-refractivity contribution is 6.33. The average Bonchev–Trinajstić information content (AvgIpc) is 2.65. The molecule has 0 aliphatic carbocycles. The van der Waals surface area contributed by atoms with E-state index in [0.29, 0.717) is 34.6 Å². The van der Waals surface area contributed by atoms with Gasteiger partial charge in [-0.1, -0.05) is 17.7 Å². The molecule has 0 amide bonds. The van der Waals surface area contributed by atoms with Crippen molar-refractivity contribution in [3.63, 3.8) is 0 Å². The van der Waals surface area contributed by atoms with E-state index in [2.05, 4.69) is 10.5 Å². The summed E-state index contributed by atoms with van der Waals surface area (Å²) in [6.45, 7) is 0.530. The van der Waals surface area contributed by atoms with E-state index in [1.807, 2.05) is 18.2 Å². The second-order valence-corrected chi connectivity index (χ2v) is 5.42. The van der Waals surface area contributed by atoms with Crippen LogP contribution in [0, 0.1) is 0 Å². The van der Waals surface area contributed by atoms with Gasteiger partial charge in [-0.3, -0.25) is 0 Å². The average molecular weight is 365 g/mol. The first-order valence-electron chi connectivity index (χ1n) is 7.51. The molecule has 0 saturated heterocycles. The van der Waals surface area contributed by atoms with Crippen LogP contribution in [0.5, 0.6) is 23.0 Å². The maximum Gasteiger partial charge on any atom is 0.162 e. The molecule has 0 heterocycles. The third-order valence-corrected chi connectivity index (χ3v) is 3.86. The summed E-state index contributed by atoms with van der Waals surface area (Å²) in [7, 11) is 6.34. The molecular formula is C18H21ClN2O4. The molecule has 2 rings (SSSR count). The molecule has 1 N–H and O–H groups in total. The van der Waals surface area contributed by atoms with E-state index >= 15 is 0 Å². The third-order valence-electron chi connectivity index (χ3n) is 3.53. The Labute approximate surface area is 152 Å². The Balaban J connectivity index is 2.04. The number of hydrazone groups is 1. The number of methoxy groups -OCH3 is 4. The van der Waals surface area contributed by atoms with Gasteiger partial charge in [-0.25, -0.2) is 0 Å². The Morgan fingerprint density at radius 3 is 2.12 bits per heavy atom. The number of hydrogen-bond donors (Lipinski definition) is 1. The van der Waals surface area contributed by atoms with Gasteiger partial charge in [0.05, 0.1) is 46.2 Å². The van der Waals surface area contributed by atoms with E-state index in [0.717, 1.165) is 11.1 Å². The molecule has 0 bridgehead atoms. The number of nitrogens with zero attached hydrogens (tertiary/aromatic N) is 1. The number of ether oxygens (including phenoxy) is 4. The van der Waals surface area contributed by atoms with Crippen LogP contribution in [0.1, 0.15) is 11.1 Å². The maximum absolute atomic E-state index is 6.22. The fourth-order valence-electron chi connectivity index (χ4n) is 2.21. The summed E-state index contributed by atoms with van der Waals surface area (Å²) in [5.74, 6) is 2.52. The van der Waals surface area contributed by atoms with E-state index < -0.39 is 0 Å². The van der Waals surface area contributed by atoms with Gasteiger partial charge in [0.25, 0.3) is 0 Å². The number of benzene rings is 2. The zero-order chi connectivity index (χ0) is 18.2. The molecule has 0 aliphatic heterocycles. The van der Waals surface area contributed by atoms with Gasteiger partial charge in [0.15, 0.2) is 23.0 Å². The molecule has 0 aromatic heterocycles. The molecule has 0 atom stereocenters. The van der Waals surface area contributed by atoms with Crippen molar-refractivity contribution in [2.75, 3.05) is 28.4 Å². The van der Waals surface area contributed by atoms with Gasteiger partial charge < -0.3 is 24.4 Å². The smallest absolute Gasteiger partial charge is 0.162 e. The summed E-state index contributed by atoms with van der Waals surface area (Å²) in [4.78, 5) is 0. The fraction of sp³-hybridized carbons (Fsp3) is 0.278. The number of nitrogens with one attached hydrogen (secondary N) is 1. The van der Waals surface area contributed by atoms with Gasteiger partial charge in [0.2, 0.25) is 0 Å². The van der Waals surface area contributed by atoms with Crippen molar-refractivity contribution in [3.8, 4) is 23.0 Å². The lowest BCUT2D eigenvalue weighted by Gasteiger charge is -2.10. The summed E-state index contributed by atoms with van der Waals surface area (Å²) in [5.41, 5.74) is 4.70. The second-order valence-electron chi connectivity index (χ2n) is 5.01. The Morgan fingerprint density at radius 1 is 0.880 bits per heavy atom. The highest BCUT2D eigenvalue weighted by Crippen LogP contribution is 2.32. The Bertz CT molecular complexity index is 750. The van der Waals surface area contributed by atoms with Crippen molar-refractivity contribution in [2.45, 2.75) is 6.54 Å². The largest absolute Gasteiger partial charge is 0.493 e. The van der Waals surface area contributed by atoms with Crippen LogP contribution in [-0.2, 0) is 6.54 Å². The molecule has 0 unspecified atom stereocenters. The molecule has 2 aromatic rings. The van der Waals surface area contributed by atoms with Gasteiger partial charge in [0, 0.05) is 11.6 Å². The van der Waals surface area contributed by atoms with Crippen molar-refractivity contribution in [3.05, 3.63) is 46.5 Å². The van der Waals surface area contributed by atoms with E-state index in [9.17, 15) is 0 Å². The number of rotatable bonds is 8. The first-order chi connectivity index (χ1) is 12.1. The minimum Gasteiger partial charge on any atom is -0.493 e. The molecule has 2 aromatic carbocycles. The van der Waals surface area contributed by atoms with Crippen molar-refractivity contribution in [1.29, 1.82) is 0 Å². The molecule has 6 nitrogen and oxygen atoms in total. The van der Waals surface area contributed by atoms with Crippen LogP contribution in [0.25, 0.3) is 0 Å². The van der Waals surface area contributed by atoms with E-state index in [-0.39, 0.29) is 0 Å². The summed E-state index contributed by atoms with van der Waals surface area (Å²) >= 11 is 6.22. The lowest BCUT2D eigenvalue weighted by Crippen LogP contribution is -2.06. The summed E-state index contributed by atoms with van der Waals surface area (Å²) in [5, 5.41) is 4.72. The zero-order valence-corrected chi connectivity index (χ0v) is 15.4. The van der Waals surface area contributed by atoms with Crippen LogP contribution in [0.2, 0.25) is 5.02 Å². The standard InChI is InChI=1S/C18H21ClN2O4/c1-22-15-6-5-12(7-16(15)23-2)10-20-21-11-13-8-17(24-3)18(25-4)9-14(13)19/h5-9,11,20H,10H2,1-4H3/b21-11-. The Morgan fingerprint density at radius 2 is 1.48 bits per heavy atom. The molecule has 0 fully saturated rings. The molecule has 134 valence electrons. The van der Waals surface area contributed by atoms with E-state index in [1.54, 1.807) is 46.8 Å². The lowest BCUT2D eigenvalue weighted by atomic mass is 10.2. The summed E-state index contributed by atoms with van der Waals surface area (Å²) < 4.78 is 21.0. The highest BCUT2D eigenvalue weighted by atomic mass is 35.5. The first-order valence-corrected chi connectivity index (χ1v) is 7.89. The first kappa shape index (κ1) is 18.7. The van der Waals surface area contributed by atoms with Gasteiger partial charge in [-0.05, 0) is 23.8 Å². The Hall–Kier alpha value is -2.60. The second kappa shape index (κ2) is 9.03. The van der Waals surface area contributed by atoms with Gasteiger partial charge in [-0.15, -0.1) is 0 Å². The minimum absolute atomic E-state index is 0.523. The van der Waals surface area contributed by atoms with Crippen LogP contribution in [-0.4, -0.2) is 34.7 Å². The monoisotopic (exact) mass is 364 g/mol. The normalized spacial score (nSPS) is 10.6. The Kier molecular flexibility index (Phi) is 6.77. The minimum atomic E-state index is 0.523. The predicted molar refractivity (Wildman–Crippen MR) is 98.5 cm³/mol. The summed E-state index contributed by atoms with van der Waals surface area (Å²) in [6.07, 6.45) is 1.63. The lowest BCUT2D eigenvalue weighted by molar-refractivity contribution is 0.354.